The number of nitriles is 1. The number of hydrogen-bond donors (Lipinski definition) is 0. The normalized spacial score (nSPS) is 11.0. The van der Waals surface area contributed by atoms with Gasteiger partial charge in [0.15, 0.2) is 11.3 Å². The summed E-state index contributed by atoms with van der Waals surface area (Å²) in [5.41, 5.74) is 4.40. The molecule has 25 heavy (non-hydrogen) atoms. The van der Waals surface area contributed by atoms with Gasteiger partial charge in [0.2, 0.25) is 0 Å². The molecular formula is C20H13N5. The van der Waals surface area contributed by atoms with E-state index in [-0.39, 0.29) is 5.69 Å². The molecule has 0 spiro atoms. The van der Waals surface area contributed by atoms with Crippen LogP contribution in [0.3, 0.4) is 0 Å². The van der Waals surface area contributed by atoms with Gasteiger partial charge in [-0.1, -0.05) is 66.7 Å². The van der Waals surface area contributed by atoms with Gasteiger partial charge in [0, 0.05) is 5.56 Å². The lowest BCUT2D eigenvalue weighted by Crippen LogP contribution is -2.03. The van der Waals surface area contributed by atoms with Gasteiger partial charge in [-0.05, 0) is 17.2 Å². The molecule has 4 aromatic rings. The lowest BCUT2D eigenvalue weighted by Gasteiger charge is -2.02. The van der Waals surface area contributed by atoms with Crippen molar-refractivity contribution in [1.29, 1.82) is 5.26 Å². The second kappa shape index (κ2) is 6.38. The van der Waals surface area contributed by atoms with Gasteiger partial charge in [0.05, 0.1) is 6.20 Å². The van der Waals surface area contributed by atoms with Crippen LogP contribution < -0.4 is 0 Å². The first-order chi connectivity index (χ1) is 12.4. The van der Waals surface area contributed by atoms with Crippen LogP contribution in [-0.4, -0.2) is 19.8 Å². The first-order valence-corrected chi connectivity index (χ1v) is 7.80. The minimum atomic E-state index is 0.238. The molecule has 0 saturated carbocycles. The molecule has 0 N–H and O–H groups in total. The highest BCUT2D eigenvalue weighted by Gasteiger charge is 2.14. The van der Waals surface area contributed by atoms with Crippen LogP contribution in [0, 0.1) is 11.3 Å². The molecule has 0 unspecified atom stereocenters. The van der Waals surface area contributed by atoms with Crippen molar-refractivity contribution in [3.63, 3.8) is 0 Å². The molecule has 0 aliphatic rings. The summed E-state index contributed by atoms with van der Waals surface area (Å²) < 4.78 is 1.66. The van der Waals surface area contributed by atoms with Gasteiger partial charge in [-0.15, -0.1) is 10.2 Å². The van der Waals surface area contributed by atoms with Gasteiger partial charge < -0.3 is 0 Å². The summed E-state index contributed by atoms with van der Waals surface area (Å²) >= 11 is 0. The van der Waals surface area contributed by atoms with Crippen LogP contribution in [0.25, 0.3) is 28.9 Å². The second-order valence-electron chi connectivity index (χ2n) is 5.45. The van der Waals surface area contributed by atoms with Gasteiger partial charge in [0.25, 0.3) is 0 Å². The number of fused-ring (bicyclic) bond motifs is 1. The molecule has 4 rings (SSSR count). The van der Waals surface area contributed by atoms with Gasteiger partial charge in [-0.3, -0.25) is 0 Å². The smallest absolute Gasteiger partial charge is 0.188 e. The van der Waals surface area contributed by atoms with Crippen molar-refractivity contribution in [1.82, 2.24) is 19.8 Å². The summed E-state index contributed by atoms with van der Waals surface area (Å²) in [6, 6.07) is 21.8. The molecule has 0 aliphatic carbocycles. The van der Waals surface area contributed by atoms with Crippen molar-refractivity contribution in [3.05, 3.63) is 83.8 Å². The summed E-state index contributed by atoms with van der Waals surface area (Å²) in [7, 11) is 0. The summed E-state index contributed by atoms with van der Waals surface area (Å²) in [5.74, 6) is 0. The molecule has 5 heteroatoms. The van der Waals surface area contributed by atoms with Gasteiger partial charge >= 0.3 is 0 Å². The maximum Gasteiger partial charge on any atom is 0.188 e. The third kappa shape index (κ3) is 2.77. The van der Waals surface area contributed by atoms with Crippen LogP contribution >= 0.6 is 0 Å². The van der Waals surface area contributed by atoms with E-state index in [4.69, 9.17) is 0 Å². The Morgan fingerprint density at radius 1 is 0.880 bits per heavy atom. The quantitative estimate of drug-likeness (QED) is 0.574. The molecule has 5 nitrogen and oxygen atoms in total. The molecule has 0 amide bonds. The molecular weight excluding hydrogens is 310 g/mol. The van der Waals surface area contributed by atoms with Crippen LogP contribution in [-0.2, 0) is 0 Å². The van der Waals surface area contributed by atoms with Gasteiger partial charge in [-0.25, -0.2) is 4.52 Å². The van der Waals surface area contributed by atoms with E-state index in [0.29, 0.717) is 11.3 Å². The zero-order chi connectivity index (χ0) is 17.1. The molecule has 2 heterocycles. The van der Waals surface area contributed by atoms with Crippen molar-refractivity contribution in [2.75, 3.05) is 0 Å². The van der Waals surface area contributed by atoms with Crippen LogP contribution in [0.2, 0.25) is 0 Å². The number of rotatable bonds is 3. The van der Waals surface area contributed by atoms with E-state index in [1.807, 2.05) is 72.8 Å². The fraction of sp³-hybridized carbons (Fsp3) is 0. The monoisotopic (exact) mass is 323 g/mol. The molecule has 0 radical (unpaired) electrons. The van der Waals surface area contributed by atoms with Crippen molar-refractivity contribution in [3.8, 4) is 17.2 Å². The Kier molecular flexibility index (Phi) is 3.77. The maximum absolute atomic E-state index is 9.37. The van der Waals surface area contributed by atoms with Crippen molar-refractivity contribution in [2.45, 2.75) is 0 Å². The average Bonchev–Trinajstić information content (AvgIpc) is 3.12. The maximum atomic E-state index is 9.37. The zero-order valence-electron chi connectivity index (χ0n) is 13.2. The Balaban J connectivity index is 1.87. The highest BCUT2D eigenvalue weighted by atomic mass is 15.3. The van der Waals surface area contributed by atoms with E-state index in [1.54, 1.807) is 10.7 Å². The number of hydrogen-bond acceptors (Lipinski definition) is 4. The number of benzene rings is 2. The molecule has 0 atom stereocenters. The minimum Gasteiger partial charge on any atom is -0.210 e. The standard InChI is InChI=1S/C20H13N5/c21-13-18-19(12-11-15-7-3-1-4-8-15)25-20(24-23-18)17(14-22-25)16-9-5-2-6-10-16/h1-12,14H/b12-11+. The van der Waals surface area contributed by atoms with E-state index >= 15 is 0 Å². The Morgan fingerprint density at radius 3 is 2.32 bits per heavy atom. The lowest BCUT2D eigenvalue weighted by atomic mass is 10.1. The van der Waals surface area contributed by atoms with Crippen molar-refractivity contribution < 1.29 is 0 Å². The largest absolute Gasteiger partial charge is 0.210 e. The Labute approximate surface area is 144 Å². The third-order valence-electron chi connectivity index (χ3n) is 3.88. The van der Waals surface area contributed by atoms with Crippen LogP contribution in [0.5, 0.6) is 0 Å². The first kappa shape index (κ1) is 14.8. The predicted octanol–water partition coefficient (Wildman–Crippen LogP) is 3.83. The number of nitrogens with zero attached hydrogens (tertiary/aromatic N) is 5. The van der Waals surface area contributed by atoms with Crippen molar-refractivity contribution in [2.24, 2.45) is 0 Å². The Bertz CT molecular complexity index is 1090. The molecule has 0 bridgehead atoms. The lowest BCUT2D eigenvalue weighted by molar-refractivity contribution is 0.867. The molecule has 0 aliphatic heterocycles. The Morgan fingerprint density at radius 2 is 1.60 bits per heavy atom. The fourth-order valence-corrected chi connectivity index (χ4v) is 2.65. The van der Waals surface area contributed by atoms with Gasteiger partial charge in [0.1, 0.15) is 11.8 Å². The highest BCUT2D eigenvalue weighted by molar-refractivity contribution is 5.79. The highest BCUT2D eigenvalue weighted by Crippen LogP contribution is 2.24. The molecule has 0 fully saturated rings. The minimum absolute atomic E-state index is 0.238. The zero-order valence-corrected chi connectivity index (χ0v) is 13.2. The van der Waals surface area contributed by atoms with E-state index < -0.39 is 0 Å². The van der Waals surface area contributed by atoms with E-state index in [2.05, 4.69) is 21.4 Å². The molecule has 2 aromatic carbocycles. The molecule has 2 aromatic heterocycles. The Hall–Kier alpha value is -3.78. The molecule has 0 saturated heterocycles. The summed E-state index contributed by atoms with van der Waals surface area (Å²) in [4.78, 5) is 0. The summed E-state index contributed by atoms with van der Waals surface area (Å²) in [6.45, 7) is 0. The van der Waals surface area contributed by atoms with Crippen molar-refractivity contribution >= 4 is 17.8 Å². The van der Waals surface area contributed by atoms with E-state index in [1.165, 1.54) is 0 Å². The van der Waals surface area contributed by atoms with E-state index in [0.717, 1.165) is 16.7 Å². The average molecular weight is 323 g/mol. The fourth-order valence-electron chi connectivity index (χ4n) is 2.65. The van der Waals surface area contributed by atoms with Gasteiger partial charge in [-0.2, -0.15) is 10.4 Å². The SMILES string of the molecule is N#Cc1nnc2c(-c3ccccc3)cnn2c1/C=C/c1ccccc1. The first-order valence-electron chi connectivity index (χ1n) is 7.80. The number of aromatic nitrogens is 4. The molecule has 118 valence electrons. The summed E-state index contributed by atoms with van der Waals surface area (Å²) in [6.07, 6.45) is 5.53. The predicted molar refractivity (Wildman–Crippen MR) is 96.3 cm³/mol. The second-order valence-corrected chi connectivity index (χ2v) is 5.45. The van der Waals surface area contributed by atoms with Crippen LogP contribution in [0.15, 0.2) is 66.9 Å². The third-order valence-corrected chi connectivity index (χ3v) is 3.88. The van der Waals surface area contributed by atoms with Crippen LogP contribution in [0.1, 0.15) is 17.0 Å². The van der Waals surface area contributed by atoms with E-state index in [9.17, 15) is 5.26 Å². The van der Waals surface area contributed by atoms with Crippen LogP contribution in [0.4, 0.5) is 0 Å². The topological polar surface area (TPSA) is 66.9 Å². The summed E-state index contributed by atoms with van der Waals surface area (Å²) in [5, 5.41) is 22.1.